The van der Waals surface area contributed by atoms with Gasteiger partial charge in [0, 0.05) is 25.7 Å². The van der Waals surface area contributed by atoms with Crippen molar-refractivity contribution in [3.8, 4) is 23.0 Å². The van der Waals surface area contributed by atoms with Crippen LogP contribution in [-0.4, -0.2) is 71.7 Å². The molecule has 0 fully saturated rings. The first kappa shape index (κ1) is 37.7. The van der Waals surface area contributed by atoms with Crippen molar-refractivity contribution >= 4 is 23.9 Å². The second kappa shape index (κ2) is 16.3. The molecule has 4 aromatic rings. The van der Waals surface area contributed by atoms with E-state index in [4.69, 9.17) is 28.4 Å². The Morgan fingerprint density at radius 3 is 1.09 bits per heavy atom. The third-order valence-electron chi connectivity index (χ3n) is 8.91. The van der Waals surface area contributed by atoms with Crippen LogP contribution in [0.2, 0.25) is 0 Å². The Morgan fingerprint density at radius 2 is 0.815 bits per heavy atom. The van der Waals surface area contributed by atoms with E-state index in [-0.39, 0.29) is 37.2 Å². The summed E-state index contributed by atoms with van der Waals surface area (Å²) in [6.07, 6.45) is -4.70. The first-order valence-corrected chi connectivity index (χ1v) is 17.7. The van der Waals surface area contributed by atoms with Gasteiger partial charge in [0.1, 0.15) is 23.0 Å². The van der Waals surface area contributed by atoms with E-state index in [1.54, 1.807) is 76.2 Å². The van der Waals surface area contributed by atoms with Gasteiger partial charge >= 0.3 is 23.9 Å². The molecule has 12 heteroatoms. The number of phenolic OH excluding ortho intramolecular Hbond substituents is 2. The summed E-state index contributed by atoms with van der Waals surface area (Å²) in [7, 11) is 0. The Kier molecular flexibility index (Phi) is 11.4. The maximum Gasteiger partial charge on any atom is 0.352 e. The van der Waals surface area contributed by atoms with E-state index in [0.717, 1.165) is 0 Å². The van der Waals surface area contributed by atoms with E-state index in [9.17, 15) is 29.4 Å². The second-order valence-corrected chi connectivity index (χ2v) is 13.7. The molecule has 10 bridgehead atoms. The number of benzene rings is 4. The molecule has 2 aliphatic heterocycles. The van der Waals surface area contributed by atoms with E-state index in [0.29, 0.717) is 56.0 Å². The lowest BCUT2D eigenvalue weighted by Crippen LogP contribution is -2.49. The molecule has 0 spiro atoms. The molecule has 1 unspecified atom stereocenters. The number of fused-ring (bicyclic) bond motifs is 9. The average Bonchev–Trinajstić information content (AvgIpc) is 3.11. The summed E-state index contributed by atoms with van der Waals surface area (Å²) >= 11 is 0. The quantitative estimate of drug-likeness (QED) is 0.140. The molecule has 2 N–H and O–H groups in total. The fourth-order valence-electron chi connectivity index (χ4n) is 6.56. The smallest absolute Gasteiger partial charge is 0.352 e. The molecule has 0 radical (unpaired) electrons. The van der Waals surface area contributed by atoms with Crippen LogP contribution < -0.4 is 9.47 Å². The van der Waals surface area contributed by atoms with Crippen molar-refractivity contribution in [3.05, 3.63) is 117 Å². The number of carbonyl (C=O) groups excluding carboxylic acids is 4. The van der Waals surface area contributed by atoms with E-state index < -0.39 is 61.5 Å². The molecule has 2 heterocycles. The van der Waals surface area contributed by atoms with Gasteiger partial charge in [0.25, 0.3) is 0 Å². The largest absolute Gasteiger partial charge is 0.507 e. The Hall–Kier alpha value is -6.04. The van der Waals surface area contributed by atoms with Crippen molar-refractivity contribution in [3.63, 3.8) is 0 Å². The van der Waals surface area contributed by atoms with Crippen LogP contribution in [0.1, 0.15) is 72.2 Å². The first-order valence-electron chi connectivity index (χ1n) is 17.7. The van der Waals surface area contributed by atoms with Crippen molar-refractivity contribution in [2.24, 2.45) is 0 Å². The SMILES string of the molecule is CC(C)OC(=O)C1OC(=O)COc2c3cccc2Cc2cccc(c2O)Cc2cccc(c2OCC(=O)O[C@H]1C(=O)OC(C)C)Cc1cccc(c1O)C3. The number of hydrogen-bond acceptors (Lipinski definition) is 12. The Bertz CT molecular complexity index is 1830. The van der Waals surface area contributed by atoms with E-state index in [1.165, 1.54) is 0 Å². The number of phenols is 2. The first-order chi connectivity index (χ1) is 25.9. The van der Waals surface area contributed by atoms with Gasteiger partial charge in [-0.3, -0.25) is 0 Å². The number of carbonyl (C=O) groups is 4. The van der Waals surface area contributed by atoms with Crippen LogP contribution in [0.3, 0.4) is 0 Å². The second-order valence-electron chi connectivity index (χ2n) is 13.7. The maximum atomic E-state index is 13.6. The van der Waals surface area contributed by atoms with Crippen LogP contribution in [-0.2, 0) is 63.8 Å². The van der Waals surface area contributed by atoms with Gasteiger partial charge in [-0.2, -0.15) is 0 Å². The summed E-state index contributed by atoms with van der Waals surface area (Å²) in [6.45, 7) is 4.77. The minimum absolute atomic E-state index is 0.0508. The van der Waals surface area contributed by atoms with Gasteiger partial charge in [-0.25, -0.2) is 19.2 Å². The number of rotatable bonds is 4. The molecular weight excluding hydrogens is 696 g/mol. The Morgan fingerprint density at radius 1 is 0.537 bits per heavy atom. The molecule has 282 valence electrons. The van der Waals surface area contributed by atoms with E-state index >= 15 is 0 Å². The number of aromatic hydroxyl groups is 2. The van der Waals surface area contributed by atoms with Crippen molar-refractivity contribution < 1.29 is 57.8 Å². The highest BCUT2D eigenvalue weighted by atomic mass is 16.7. The number of hydrogen-bond donors (Lipinski definition) is 2. The molecule has 2 atom stereocenters. The van der Waals surface area contributed by atoms with Crippen LogP contribution in [0, 0.1) is 0 Å². The summed E-state index contributed by atoms with van der Waals surface area (Å²) in [6, 6.07) is 21.6. The molecular formula is C42H42O12. The highest BCUT2D eigenvalue weighted by Crippen LogP contribution is 2.38. The molecule has 7 rings (SSSR count). The zero-order chi connectivity index (χ0) is 38.5. The minimum Gasteiger partial charge on any atom is -0.507 e. The van der Waals surface area contributed by atoms with Gasteiger partial charge < -0.3 is 38.6 Å². The highest BCUT2D eigenvalue weighted by Gasteiger charge is 2.43. The van der Waals surface area contributed by atoms with E-state index in [1.807, 2.05) is 24.3 Å². The zero-order valence-electron chi connectivity index (χ0n) is 30.5. The predicted octanol–water partition coefficient (Wildman–Crippen LogP) is 5.27. The van der Waals surface area contributed by atoms with Gasteiger partial charge in [0.05, 0.1) is 12.2 Å². The van der Waals surface area contributed by atoms with Crippen LogP contribution in [0.25, 0.3) is 0 Å². The third kappa shape index (κ3) is 8.60. The molecule has 4 aromatic carbocycles. The van der Waals surface area contributed by atoms with Gasteiger partial charge in [0.15, 0.2) is 13.2 Å². The number of ether oxygens (including phenoxy) is 6. The van der Waals surface area contributed by atoms with Crippen LogP contribution in [0.15, 0.2) is 72.8 Å². The van der Waals surface area contributed by atoms with Gasteiger partial charge in [-0.15, -0.1) is 0 Å². The average molecular weight is 739 g/mol. The van der Waals surface area contributed by atoms with Crippen molar-refractivity contribution in [1.29, 1.82) is 0 Å². The highest BCUT2D eigenvalue weighted by molar-refractivity contribution is 5.90. The third-order valence-corrected chi connectivity index (χ3v) is 8.91. The lowest BCUT2D eigenvalue weighted by Gasteiger charge is -2.26. The molecule has 0 amide bonds. The summed E-state index contributed by atoms with van der Waals surface area (Å²) < 4.78 is 34.1. The summed E-state index contributed by atoms with van der Waals surface area (Å²) in [5.41, 5.74) is 4.78. The number of esters is 4. The molecule has 0 saturated carbocycles. The summed E-state index contributed by atoms with van der Waals surface area (Å²) in [4.78, 5) is 54.0. The maximum absolute atomic E-state index is 13.6. The zero-order valence-corrected chi connectivity index (χ0v) is 30.5. The molecule has 12 nitrogen and oxygen atoms in total. The van der Waals surface area contributed by atoms with E-state index in [2.05, 4.69) is 0 Å². The van der Waals surface area contributed by atoms with Crippen LogP contribution in [0.5, 0.6) is 23.0 Å². The van der Waals surface area contributed by atoms with Gasteiger partial charge in [-0.05, 0) is 72.2 Å². The molecule has 54 heavy (non-hydrogen) atoms. The summed E-state index contributed by atoms with van der Waals surface area (Å²) in [5.74, 6) is -3.78. The normalized spacial score (nSPS) is 17.4. The predicted molar refractivity (Wildman–Crippen MR) is 194 cm³/mol. The van der Waals surface area contributed by atoms with Crippen LogP contribution >= 0.6 is 0 Å². The summed E-state index contributed by atoms with van der Waals surface area (Å²) in [5, 5.41) is 23.2. The van der Waals surface area contributed by atoms with Gasteiger partial charge in [0.2, 0.25) is 12.2 Å². The van der Waals surface area contributed by atoms with Crippen molar-refractivity contribution in [1.82, 2.24) is 0 Å². The number of para-hydroxylation sites is 4. The lowest BCUT2D eigenvalue weighted by molar-refractivity contribution is -0.195. The Balaban J connectivity index is 1.55. The fourth-order valence-corrected chi connectivity index (χ4v) is 6.56. The molecule has 0 aromatic heterocycles. The van der Waals surface area contributed by atoms with Crippen molar-refractivity contribution in [2.45, 2.75) is 77.8 Å². The minimum atomic E-state index is -2.06. The molecule has 3 aliphatic rings. The lowest BCUT2D eigenvalue weighted by atomic mass is 9.91. The van der Waals surface area contributed by atoms with Gasteiger partial charge in [-0.1, -0.05) is 72.8 Å². The van der Waals surface area contributed by atoms with Crippen molar-refractivity contribution in [2.75, 3.05) is 13.2 Å². The molecule has 0 saturated heterocycles. The fraction of sp³-hybridized carbons (Fsp3) is 0.333. The monoisotopic (exact) mass is 738 g/mol. The molecule has 1 aliphatic carbocycles. The topological polar surface area (TPSA) is 164 Å². The Labute approximate surface area is 312 Å². The van der Waals surface area contributed by atoms with Crippen LogP contribution in [0.4, 0.5) is 0 Å². The standard InChI is InChI=1S/C42H42O12/c1-23(2)51-41(47)39-40(42(48)52-24(3)4)54-34(44)22-50-38-31-15-8-16-32(38)20-28-12-6-10-26(36(28)46)18-30-14-7-13-29(37(30)49-21-33(43)53-39)17-25-9-5-11-27(19-31)35(25)45/h5-16,23-24,39-40,45-46H,17-22H2,1-4H3/t39-,40?/m1/s1.